The predicted octanol–water partition coefficient (Wildman–Crippen LogP) is 0.823. The van der Waals surface area contributed by atoms with Crippen LogP contribution in [-0.2, 0) is 28.6 Å². The van der Waals surface area contributed by atoms with Crippen LogP contribution in [0.3, 0.4) is 0 Å². The Bertz CT molecular complexity index is 850. The Morgan fingerprint density at radius 3 is 2.54 bits per heavy atom. The quantitative estimate of drug-likeness (QED) is 0.537. The Morgan fingerprint density at radius 1 is 1.14 bits per heavy atom. The minimum atomic E-state index is -1.42. The van der Waals surface area contributed by atoms with Crippen LogP contribution in [0.5, 0.6) is 0 Å². The maximum Gasteiger partial charge on any atom is 0.334 e. The number of allylic oxidation sites excluding steroid dienone is 1. The summed E-state index contributed by atoms with van der Waals surface area (Å²) in [5.74, 6) is -1.73. The molecule has 5 atom stereocenters. The number of cyclic esters (lactones) is 3. The number of esters is 3. The highest BCUT2D eigenvalue weighted by Crippen LogP contribution is 2.49. The second-order valence-corrected chi connectivity index (χ2v) is 7.88. The molecule has 0 saturated carbocycles. The number of fused-ring (bicyclic) bond motifs is 1. The van der Waals surface area contributed by atoms with Gasteiger partial charge in [0, 0.05) is 35.6 Å². The molecule has 150 valence electrons. The first-order chi connectivity index (χ1) is 13.2. The van der Waals surface area contributed by atoms with Crippen molar-refractivity contribution in [1.82, 2.24) is 0 Å². The molecule has 0 spiro atoms. The Balaban J connectivity index is 1.58. The van der Waals surface area contributed by atoms with Crippen LogP contribution in [-0.4, -0.2) is 52.7 Å². The minimum absolute atomic E-state index is 0.130. The molecule has 4 aliphatic rings. The van der Waals surface area contributed by atoms with Gasteiger partial charge in [-0.2, -0.15) is 0 Å². The van der Waals surface area contributed by atoms with Gasteiger partial charge in [0.25, 0.3) is 0 Å². The van der Waals surface area contributed by atoms with Crippen molar-refractivity contribution in [3.63, 3.8) is 0 Å². The molecule has 28 heavy (non-hydrogen) atoms. The van der Waals surface area contributed by atoms with Crippen LogP contribution in [0.2, 0.25) is 0 Å². The summed E-state index contributed by atoms with van der Waals surface area (Å²) in [6.45, 7) is 3.55. The fourth-order valence-corrected chi connectivity index (χ4v) is 4.46. The Hall–Kier alpha value is -2.45. The Labute approximate surface area is 161 Å². The molecule has 0 bridgehead atoms. The second kappa shape index (κ2) is 6.56. The maximum atomic E-state index is 12.6. The first kappa shape index (κ1) is 18.9. The number of carbonyl (C=O) groups is 3. The van der Waals surface area contributed by atoms with Crippen LogP contribution >= 0.6 is 0 Å². The van der Waals surface area contributed by atoms with E-state index in [0.717, 1.165) is 11.6 Å². The van der Waals surface area contributed by atoms with Gasteiger partial charge < -0.3 is 24.4 Å². The Kier molecular flexibility index (Phi) is 4.43. The van der Waals surface area contributed by atoms with Gasteiger partial charge in [-0.25, -0.2) is 14.4 Å². The fraction of sp³-hybridized carbons (Fsp3) is 0.550. The smallest absolute Gasteiger partial charge is 0.334 e. The molecular formula is C20H22O8. The molecule has 4 rings (SSSR count). The lowest BCUT2D eigenvalue weighted by Gasteiger charge is -2.37. The van der Waals surface area contributed by atoms with Gasteiger partial charge in [0.1, 0.15) is 12.2 Å². The largest absolute Gasteiger partial charge is 0.458 e. The Morgan fingerprint density at radius 2 is 1.89 bits per heavy atom. The maximum absolute atomic E-state index is 12.6. The van der Waals surface area contributed by atoms with E-state index < -0.39 is 47.9 Å². The van der Waals surface area contributed by atoms with Crippen molar-refractivity contribution in [2.24, 2.45) is 5.41 Å². The number of ether oxygens (including phenoxy) is 3. The molecule has 1 fully saturated rings. The van der Waals surface area contributed by atoms with Crippen molar-refractivity contribution in [2.75, 3.05) is 0 Å². The molecular weight excluding hydrogens is 368 g/mol. The van der Waals surface area contributed by atoms with Crippen LogP contribution < -0.4 is 0 Å². The molecule has 8 heteroatoms. The number of rotatable bonds is 3. The van der Waals surface area contributed by atoms with Gasteiger partial charge in [-0.1, -0.05) is 11.6 Å². The number of carbonyl (C=O) groups excluding carboxylic acids is 3. The molecule has 3 heterocycles. The standard InChI is InChI=1S/C20H22O8/c1-9-6-13(11-8-16(22)28-18(11)24)26-17(23)10(9)7-15-20(2)12(19(25)27-15)4-3-5-14(20)21/h4,8,13-15,18,21,24H,3,5-7H2,1-2H3/t13-,14+,15-,18?,20+/m0/s1. The highest BCUT2D eigenvalue weighted by molar-refractivity contribution is 5.94. The lowest BCUT2D eigenvalue weighted by Crippen LogP contribution is -2.43. The lowest BCUT2D eigenvalue weighted by atomic mass is 9.68. The second-order valence-electron chi connectivity index (χ2n) is 7.88. The van der Waals surface area contributed by atoms with E-state index in [-0.39, 0.29) is 12.0 Å². The van der Waals surface area contributed by atoms with Crippen LogP contribution in [0.25, 0.3) is 0 Å². The van der Waals surface area contributed by atoms with Crippen LogP contribution in [0, 0.1) is 5.41 Å². The molecule has 0 aromatic carbocycles. The monoisotopic (exact) mass is 390 g/mol. The van der Waals surface area contributed by atoms with Gasteiger partial charge in [-0.05, 0) is 26.7 Å². The number of hydrogen-bond acceptors (Lipinski definition) is 8. The van der Waals surface area contributed by atoms with Crippen molar-refractivity contribution in [2.45, 2.75) is 64.1 Å². The van der Waals surface area contributed by atoms with Gasteiger partial charge in [0.05, 0.1) is 11.5 Å². The third-order valence-electron chi connectivity index (χ3n) is 6.26. The average Bonchev–Trinajstić information content (AvgIpc) is 3.09. The van der Waals surface area contributed by atoms with Crippen LogP contribution in [0.15, 0.2) is 34.4 Å². The lowest BCUT2D eigenvalue weighted by molar-refractivity contribution is -0.154. The zero-order valence-electron chi connectivity index (χ0n) is 15.6. The minimum Gasteiger partial charge on any atom is -0.458 e. The summed E-state index contributed by atoms with van der Waals surface area (Å²) < 4.78 is 15.6. The summed E-state index contributed by atoms with van der Waals surface area (Å²) in [6, 6.07) is 0. The molecule has 0 radical (unpaired) electrons. The summed E-state index contributed by atoms with van der Waals surface area (Å²) in [7, 11) is 0. The van der Waals surface area contributed by atoms with Crippen LogP contribution in [0.4, 0.5) is 0 Å². The van der Waals surface area contributed by atoms with Crippen molar-refractivity contribution < 1.29 is 38.8 Å². The molecule has 8 nitrogen and oxygen atoms in total. The third-order valence-corrected chi connectivity index (χ3v) is 6.26. The SMILES string of the molecule is CC1=C(C[C@@H]2OC(=O)C3=CCC[C@@H](O)[C@@]32C)C(=O)O[C@H](C2=CC(=O)OC2O)C1. The van der Waals surface area contributed by atoms with Gasteiger partial charge in [0.2, 0.25) is 6.29 Å². The molecule has 3 aliphatic heterocycles. The van der Waals surface area contributed by atoms with Crippen molar-refractivity contribution in [3.8, 4) is 0 Å². The zero-order chi connectivity index (χ0) is 20.2. The molecule has 2 N–H and O–H groups in total. The summed E-state index contributed by atoms with van der Waals surface area (Å²) in [5.41, 5.74) is 0.908. The van der Waals surface area contributed by atoms with E-state index in [1.54, 1.807) is 19.9 Å². The third kappa shape index (κ3) is 2.79. The normalized spacial score (nSPS) is 37.8. The summed E-state index contributed by atoms with van der Waals surface area (Å²) in [6.07, 6.45) is 0.890. The van der Waals surface area contributed by atoms with Gasteiger partial charge >= 0.3 is 17.9 Å². The molecule has 0 aromatic heterocycles. The van der Waals surface area contributed by atoms with E-state index in [1.807, 2.05) is 0 Å². The summed E-state index contributed by atoms with van der Waals surface area (Å²) in [5, 5.41) is 20.3. The topological polar surface area (TPSA) is 119 Å². The molecule has 1 unspecified atom stereocenters. The van der Waals surface area contributed by atoms with Gasteiger partial charge in [-0.15, -0.1) is 0 Å². The zero-order valence-corrected chi connectivity index (χ0v) is 15.6. The van der Waals surface area contributed by atoms with E-state index in [4.69, 9.17) is 9.47 Å². The number of hydrogen-bond donors (Lipinski definition) is 2. The van der Waals surface area contributed by atoms with E-state index >= 15 is 0 Å². The highest BCUT2D eigenvalue weighted by Gasteiger charge is 2.56. The van der Waals surface area contributed by atoms with E-state index in [2.05, 4.69) is 4.74 Å². The first-order valence-corrected chi connectivity index (χ1v) is 9.31. The highest BCUT2D eigenvalue weighted by atomic mass is 16.6. The van der Waals surface area contributed by atoms with Crippen molar-refractivity contribution in [3.05, 3.63) is 34.4 Å². The average molecular weight is 390 g/mol. The molecule has 1 aliphatic carbocycles. The number of aliphatic hydroxyl groups excluding tert-OH is 2. The van der Waals surface area contributed by atoms with Crippen LogP contribution in [0.1, 0.15) is 39.5 Å². The molecule has 0 amide bonds. The van der Waals surface area contributed by atoms with E-state index in [1.165, 1.54) is 0 Å². The van der Waals surface area contributed by atoms with Crippen molar-refractivity contribution >= 4 is 17.9 Å². The number of aliphatic hydroxyl groups is 2. The fourth-order valence-electron chi connectivity index (χ4n) is 4.46. The van der Waals surface area contributed by atoms with E-state index in [9.17, 15) is 24.6 Å². The first-order valence-electron chi connectivity index (χ1n) is 9.31. The van der Waals surface area contributed by atoms with Crippen molar-refractivity contribution in [1.29, 1.82) is 0 Å². The van der Waals surface area contributed by atoms with Gasteiger partial charge in [0.15, 0.2) is 0 Å². The predicted molar refractivity (Wildman–Crippen MR) is 93.3 cm³/mol. The van der Waals surface area contributed by atoms with E-state index in [0.29, 0.717) is 30.4 Å². The molecule has 0 aromatic rings. The summed E-state index contributed by atoms with van der Waals surface area (Å²) in [4.78, 5) is 36.2. The summed E-state index contributed by atoms with van der Waals surface area (Å²) >= 11 is 0. The van der Waals surface area contributed by atoms with Gasteiger partial charge in [-0.3, -0.25) is 0 Å². The molecule has 1 saturated heterocycles.